The van der Waals surface area contributed by atoms with Crippen LogP contribution in [0.4, 0.5) is 4.79 Å². The predicted molar refractivity (Wildman–Crippen MR) is 107 cm³/mol. The molecule has 0 radical (unpaired) electrons. The van der Waals surface area contributed by atoms with E-state index in [1.807, 2.05) is 37.3 Å². The molecule has 1 atom stereocenters. The summed E-state index contributed by atoms with van der Waals surface area (Å²) in [7, 11) is 0. The number of imidazole rings is 1. The van der Waals surface area contributed by atoms with Crippen LogP contribution in [0.1, 0.15) is 31.1 Å². The Bertz CT molecular complexity index is 876. The van der Waals surface area contributed by atoms with Gasteiger partial charge in [0, 0.05) is 12.4 Å². The van der Waals surface area contributed by atoms with E-state index in [2.05, 4.69) is 4.98 Å². The van der Waals surface area contributed by atoms with E-state index in [0.29, 0.717) is 18.8 Å². The van der Waals surface area contributed by atoms with Crippen LogP contribution >= 0.6 is 0 Å². The van der Waals surface area contributed by atoms with Crippen LogP contribution in [0.3, 0.4) is 0 Å². The minimum atomic E-state index is -0.716. The third kappa shape index (κ3) is 5.57. The molecule has 7 nitrogen and oxygen atoms in total. The molecule has 1 amide bonds. The normalized spacial score (nSPS) is 11.8. The van der Waals surface area contributed by atoms with Crippen LogP contribution in [0.2, 0.25) is 0 Å². The summed E-state index contributed by atoms with van der Waals surface area (Å²) in [5.74, 6) is 0.175. The van der Waals surface area contributed by atoms with Crippen molar-refractivity contribution in [3.63, 3.8) is 0 Å². The van der Waals surface area contributed by atoms with Crippen LogP contribution in [-0.2, 0) is 22.5 Å². The van der Waals surface area contributed by atoms with Gasteiger partial charge in [-0.05, 0) is 37.0 Å². The first-order valence-corrected chi connectivity index (χ1v) is 9.71. The maximum absolute atomic E-state index is 13.0. The summed E-state index contributed by atoms with van der Waals surface area (Å²) < 4.78 is 12.2. The standard InChI is InChI=1S/C22H25N3O4/c1-2-20(21(26)29-15-6-10-18-8-4-3-5-9-18)25(16-19-11-7-14-28-19)22(27)24-13-12-23-17-24/h3-5,7-9,11-14,17,20H,2,6,10,15-16H2,1H3/t20-/m1/s1. The Hall–Kier alpha value is -3.35. The van der Waals surface area contributed by atoms with E-state index in [4.69, 9.17) is 9.15 Å². The van der Waals surface area contributed by atoms with Gasteiger partial charge >= 0.3 is 12.0 Å². The Morgan fingerprint density at radius 3 is 2.69 bits per heavy atom. The van der Waals surface area contributed by atoms with E-state index < -0.39 is 12.0 Å². The number of hydrogen-bond acceptors (Lipinski definition) is 5. The first kappa shape index (κ1) is 20.4. The topological polar surface area (TPSA) is 77.6 Å². The largest absolute Gasteiger partial charge is 0.467 e. The second kappa shape index (κ2) is 10.3. The highest BCUT2D eigenvalue weighted by molar-refractivity contribution is 5.84. The maximum atomic E-state index is 13.0. The lowest BCUT2D eigenvalue weighted by Crippen LogP contribution is -2.46. The number of carbonyl (C=O) groups is 2. The van der Waals surface area contributed by atoms with Crippen LogP contribution in [0.5, 0.6) is 0 Å². The van der Waals surface area contributed by atoms with Crippen molar-refractivity contribution in [1.29, 1.82) is 0 Å². The average molecular weight is 395 g/mol. The van der Waals surface area contributed by atoms with Crippen molar-refractivity contribution in [3.05, 3.63) is 78.8 Å². The molecule has 3 aromatic rings. The number of esters is 1. The summed E-state index contributed by atoms with van der Waals surface area (Å²) in [4.78, 5) is 31.1. The molecule has 0 fully saturated rings. The van der Waals surface area contributed by atoms with E-state index in [1.165, 1.54) is 33.8 Å². The smallest absolute Gasteiger partial charge is 0.330 e. The molecule has 0 spiro atoms. The van der Waals surface area contributed by atoms with E-state index >= 15 is 0 Å². The first-order valence-electron chi connectivity index (χ1n) is 9.71. The van der Waals surface area contributed by atoms with E-state index in [9.17, 15) is 9.59 Å². The lowest BCUT2D eigenvalue weighted by Gasteiger charge is -2.28. The average Bonchev–Trinajstić information content (AvgIpc) is 3.45. The van der Waals surface area contributed by atoms with Crippen LogP contribution < -0.4 is 0 Å². The van der Waals surface area contributed by atoms with Crippen molar-refractivity contribution in [2.24, 2.45) is 0 Å². The summed E-state index contributed by atoms with van der Waals surface area (Å²) in [5, 5.41) is 0. The number of aryl methyl sites for hydroxylation is 1. The van der Waals surface area contributed by atoms with E-state index in [1.54, 1.807) is 18.3 Å². The third-order valence-electron chi connectivity index (χ3n) is 4.61. The zero-order valence-electron chi connectivity index (χ0n) is 16.4. The van der Waals surface area contributed by atoms with Crippen molar-refractivity contribution in [1.82, 2.24) is 14.5 Å². The first-order chi connectivity index (χ1) is 14.2. The predicted octanol–water partition coefficient (Wildman–Crippen LogP) is 3.90. The van der Waals surface area contributed by atoms with Crippen LogP contribution in [0, 0.1) is 0 Å². The van der Waals surface area contributed by atoms with Gasteiger partial charge in [0.25, 0.3) is 0 Å². The van der Waals surface area contributed by atoms with Gasteiger partial charge in [0.15, 0.2) is 0 Å². The molecular formula is C22H25N3O4. The Morgan fingerprint density at radius 1 is 1.21 bits per heavy atom. The molecule has 7 heteroatoms. The lowest BCUT2D eigenvalue weighted by atomic mass is 10.1. The molecule has 0 N–H and O–H groups in total. The molecule has 0 saturated carbocycles. The van der Waals surface area contributed by atoms with E-state index in [-0.39, 0.29) is 12.6 Å². The molecule has 2 aromatic heterocycles. The molecule has 0 saturated heterocycles. The summed E-state index contributed by atoms with van der Waals surface area (Å²) in [6, 6.07) is 12.5. The highest BCUT2D eigenvalue weighted by atomic mass is 16.5. The van der Waals surface area contributed by atoms with Crippen molar-refractivity contribution in [2.45, 2.75) is 38.8 Å². The van der Waals surface area contributed by atoms with Crippen LogP contribution in [0.15, 0.2) is 71.9 Å². The molecule has 0 aliphatic heterocycles. The quantitative estimate of drug-likeness (QED) is 0.406. The molecule has 0 aliphatic carbocycles. The molecule has 2 heterocycles. The van der Waals surface area contributed by atoms with Crippen LogP contribution in [0.25, 0.3) is 0 Å². The molecule has 3 rings (SSSR count). The number of amides is 1. The zero-order valence-corrected chi connectivity index (χ0v) is 16.4. The van der Waals surface area contributed by atoms with Crippen molar-refractivity contribution < 1.29 is 18.7 Å². The molecule has 29 heavy (non-hydrogen) atoms. The number of ether oxygens (including phenoxy) is 1. The van der Waals surface area contributed by atoms with Gasteiger partial charge in [0.1, 0.15) is 18.1 Å². The minimum Gasteiger partial charge on any atom is -0.467 e. The fourth-order valence-electron chi connectivity index (χ4n) is 3.11. The maximum Gasteiger partial charge on any atom is 0.330 e. The van der Waals surface area contributed by atoms with Gasteiger partial charge in [-0.1, -0.05) is 37.3 Å². The molecule has 1 aromatic carbocycles. The summed E-state index contributed by atoms with van der Waals surface area (Å²) in [5.41, 5.74) is 1.20. The fourth-order valence-corrected chi connectivity index (χ4v) is 3.11. The molecule has 0 unspecified atom stereocenters. The lowest BCUT2D eigenvalue weighted by molar-refractivity contribution is -0.149. The second-order valence-electron chi connectivity index (χ2n) is 6.64. The number of rotatable bonds is 9. The minimum absolute atomic E-state index is 0.168. The molecule has 0 bridgehead atoms. The Labute approximate surface area is 169 Å². The van der Waals surface area contributed by atoms with Crippen molar-refractivity contribution in [2.75, 3.05) is 6.61 Å². The molecule has 152 valence electrons. The van der Waals surface area contributed by atoms with E-state index in [0.717, 1.165) is 12.8 Å². The summed E-state index contributed by atoms with van der Waals surface area (Å²) >= 11 is 0. The van der Waals surface area contributed by atoms with Gasteiger partial charge < -0.3 is 14.1 Å². The van der Waals surface area contributed by atoms with Gasteiger partial charge in [-0.2, -0.15) is 0 Å². The van der Waals surface area contributed by atoms with Crippen LogP contribution in [-0.4, -0.2) is 39.1 Å². The number of benzene rings is 1. The Kier molecular flexibility index (Phi) is 7.22. The number of hydrogen-bond donors (Lipinski definition) is 0. The monoisotopic (exact) mass is 395 g/mol. The number of furan rings is 1. The van der Waals surface area contributed by atoms with Gasteiger partial charge in [-0.25, -0.2) is 14.6 Å². The summed E-state index contributed by atoms with van der Waals surface area (Å²) in [6.45, 7) is 2.33. The Balaban J connectivity index is 1.63. The van der Waals surface area contributed by atoms with Gasteiger partial charge in [-0.15, -0.1) is 0 Å². The second-order valence-corrected chi connectivity index (χ2v) is 6.64. The molecule has 0 aliphatic rings. The van der Waals surface area contributed by atoms with Gasteiger partial charge in [0.05, 0.1) is 19.4 Å². The van der Waals surface area contributed by atoms with Gasteiger partial charge in [-0.3, -0.25) is 4.57 Å². The number of nitrogens with zero attached hydrogens (tertiary/aromatic N) is 3. The SMILES string of the molecule is CC[C@H](C(=O)OCCCc1ccccc1)N(Cc1ccco1)C(=O)n1ccnc1. The summed E-state index contributed by atoms with van der Waals surface area (Å²) in [6.07, 6.45) is 8.00. The fraction of sp³-hybridized carbons (Fsp3) is 0.318. The number of aromatic nitrogens is 2. The van der Waals surface area contributed by atoms with Gasteiger partial charge in [0.2, 0.25) is 0 Å². The Morgan fingerprint density at radius 2 is 2.03 bits per heavy atom. The molecular weight excluding hydrogens is 370 g/mol. The number of carbonyl (C=O) groups excluding carboxylic acids is 2. The highest BCUT2D eigenvalue weighted by Crippen LogP contribution is 2.15. The highest BCUT2D eigenvalue weighted by Gasteiger charge is 2.31. The van der Waals surface area contributed by atoms with Crippen molar-refractivity contribution >= 4 is 12.0 Å². The third-order valence-corrected chi connectivity index (χ3v) is 4.61. The van der Waals surface area contributed by atoms with Crippen molar-refractivity contribution in [3.8, 4) is 0 Å². The zero-order chi connectivity index (χ0) is 20.5.